The number of likely N-dealkylation sites (tertiary alicyclic amines) is 2. The highest BCUT2D eigenvalue weighted by Gasteiger charge is 2.52. The summed E-state index contributed by atoms with van der Waals surface area (Å²) < 4.78 is 7.17. The van der Waals surface area contributed by atoms with Crippen LogP contribution in [-0.4, -0.2) is 71.9 Å². The summed E-state index contributed by atoms with van der Waals surface area (Å²) >= 11 is 0. The Bertz CT molecular complexity index is 837. The second kappa shape index (κ2) is 9.31. The maximum Gasteiger partial charge on any atom is 0.222 e. The predicted molar refractivity (Wildman–Crippen MR) is 117 cm³/mol. The average molecular weight is 411 g/mol. The molecule has 2 fully saturated rings. The van der Waals surface area contributed by atoms with Gasteiger partial charge in [-0.25, -0.2) is 0 Å². The fraction of sp³-hybridized carbons (Fsp3) is 0.583. The molecule has 4 rings (SSSR count). The van der Waals surface area contributed by atoms with Gasteiger partial charge in [-0.1, -0.05) is 30.3 Å². The lowest BCUT2D eigenvalue weighted by Crippen LogP contribution is -2.38. The summed E-state index contributed by atoms with van der Waals surface area (Å²) in [6.07, 6.45) is 5.33. The first kappa shape index (κ1) is 21.1. The normalized spacial score (nSPS) is 23.8. The van der Waals surface area contributed by atoms with Crippen LogP contribution in [0.15, 0.2) is 42.6 Å². The molecular formula is C24H34N4O2. The van der Waals surface area contributed by atoms with Gasteiger partial charge < -0.3 is 14.5 Å². The standard InChI is InChI=1S/C24H34N4O2/c1-26-22(11-13-25-26)8-9-23(29)28-17-21-16-27(14-15-30-2)18-24(21,19-28)12-10-20-6-4-3-5-7-20/h3-7,11,13,21H,8-10,12,14-19H2,1-2H3/t21-,24+/m0/s1. The van der Waals surface area contributed by atoms with E-state index in [1.54, 1.807) is 13.3 Å². The van der Waals surface area contributed by atoms with Crippen LogP contribution >= 0.6 is 0 Å². The molecule has 3 heterocycles. The number of ether oxygens (including phenoxy) is 1. The van der Waals surface area contributed by atoms with Crippen molar-refractivity contribution in [3.8, 4) is 0 Å². The SMILES string of the molecule is COCCN1C[C@H]2CN(C(=O)CCc3ccnn3C)C[C@@]2(CCc2ccccc2)C1. The van der Waals surface area contributed by atoms with Crippen LogP contribution in [0.1, 0.15) is 24.1 Å². The molecule has 2 aliphatic rings. The molecule has 0 saturated carbocycles. The number of carbonyl (C=O) groups excluding carboxylic acids is 1. The van der Waals surface area contributed by atoms with Crippen molar-refractivity contribution in [2.75, 3.05) is 46.4 Å². The molecule has 0 N–H and O–H groups in total. The largest absolute Gasteiger partial charge is 0.383 e. The Labute approximate surface area is 179 Å². The van der Waals surface area contributed by atoms with Crippen LogP contribution in [0.3, 0.4) is 0 Å². The number of aromatic nitrogens is 2. The van der Waals surface area contributed by atoms with Crippen LogP contribution < -0.4 is 0 Å². The van der Waals surface area contributed by atoms with Gasteiger partial charge in [0.1, 0.15) is 0 Å². The fourth-order valence-corrected chi connectivity index (χ4v) is 5.31. The van der Waals surface area contributed by atoms with Crippen molar-refractivity contribution in [3.05, 3.63) is 53.9 Å². The molecule has 2 aliphatic heterocycles. The molecule has 0 unspecified atom stereocenters. The van der Waals surface area contributed by atoms with E-state index < -0.39 is 0 Å². The maximum atomic E-state index is 13.0. The molecule has 0 spiro atoms. The molecule has 162 valence electrons. The molecule has 2 aromatic rings. The lowest BCUT2D eigenvalue weighted by atomic mass is 9.76. The van der Waals surface area contributed by atoms with E-state index in [1.165, 1.54) is 5.56 Å². The van der Waals surface area contributed by atoms with Gasteiger partial charge in [0.25, 0.3) is 0 Å². The van der Waals surface area contributed by atoms with E-state index in [0.717, 1.165) is 64.3 Å². The first-order chi connectivity index (χ1) is 14.6. The van der Waals surface area contributed by atoms with Gasteiger partial charge in [-0.3, -0.25) is 9.48 Å². The van der Waals surface area contributed by atoms with Crippen molar-refractivity contribution in [2.24, 2.45) is 18.4 Å². The van der Waals surface area contributed by atoms with Crippen molar-refractivity contribution in [2.45, 2.75) is 25.7 Å². The maximum absolute atomic E-state index is 13.0. The Morgan fingerprint density at radius 2 is 2.00 bits per heavy atom. The molecule has 1 aromatic heterocycles. The van der Waals surface area contributed by atoms with E-state index in [-0.39, 0.29) is 11.3 Å². The van der Waals surface area contributed by atoms with Gasteiger partial charge in [0.15, 0.2) is 0 Å². The Hall–Kier alpha value is -2.18. The molecule has 1 aromatic carbocycles. The summed E-state index contributed by atoms with van der Waals surface area (Å²) in [6.45, 7) is 5.67. The highest BCUT2D eigenvalue weighted by atomic mass is 16.5. The molecule has 30 heavy (non-hydrogen) atoms. The average Bonchev–Trinajstić information content (AvgIpc) is 3.42. The van der Waals surface area contributed by atoms with Gasteiger partial charge in [0.05, 0.1) is 6.61 Å². The first-order valence-corrected chi connectivity index (χ1v) is 11.1. The van der Waals surface area contributed by atoms with Crippen LogP contribution in [0, 0.1) is 11.3 Å². The monoisotopic (exact) mass is 410 g/mol. The van der Waals surface area contributed by atoms with Gasteiger partial charge in [-0.2, -0.15) is 5.10 Å². The third-order valence-corrected chi connectivity index (χ3v) is 7.07. The third-order valence-electron chi connectivity index (χ3n) is 7.07. The summed E-state index contributed by atoms with van der Waals surface area (Å²) in [7, 11) is 3.71. The van der Waals surface area contributed by atoms with Crippen LogP contribution in [-0.2, 0) is 29.4 Å². The molecule has 6 nitrogen and oxygen atoms in total. The van der Waals surface area contributed by atoms with Gasteiger partial charge in [-0.15, -0.1) is 0 Å². The van der Waals surface area contributed by atoms with Crippen LogP contribution in [0.25, 0.3) is 0 Å². The van der Waals surface area contributed by atoms with Crippen molar-refractivity contribution in [1.29, 1.82) is 0 Å². The zero-order valence-corrected chi connectivity index (χ0v) is 18.3. The zero-order valence-electron chi connectivity index (χ0n) is 18.3. The van der Waals surface area contributed by atoms with Crippen LogP contribution in [0.4, 0.5) is 0 Å². The number of methoxy groups -OCH3 is 1. The highest BCUT2D eigenvalue weighted by molar-refractivity contribution is 5.77. The lowest BCUT2D eigenvalue weighted by molar-refractivity contribution is -0.130. The van der Waals surface area contributed by atoms with Gasteiger partial charge in [-0.05, 0) is 36.8 Å². The van der Waals surface area contributed by atoms with Gasteiger partial charge in [0.2, 0.25) is 5.91 Å². The van der Waals surface area contributed by atoms with E-state index in [0.29, 0.717) is 12.3 Å². The molecule has 6 heteroatoms. The Morgan fingerprint density at radius 1 is 1.17 bits per heavy atom. The van der Waals surface area contributed by atoms with Crippen molar-refractivity contribution in [3.63, 3.8) is 0 Å². The number of hydrogen-bond donors (Lipinski definition) is 0. The minimum Gasteiger partial charge on any atom is -0.383 e. The number of nitrogens with zero attached hydrogens (tertiary/aromatic N) is 4. The number of aryl methyl sites for hydroxylation is 3. The molecule has 0 aliphatic carbocycles. The Morgan fingerprint density at radius 3 is 2.73 bits per heavy atom. The van der Waals surface area contributed by atoms with E-state index in [2.05, 4.69) is 45.2 Å². The molecule has 0 radical (unpaired) electrons. The van der Waals surface area contributed by atoms with E-state index in [1.807, 2.05) is 17.8 Å². The lowest BCUT2D eigenvalue weighted by Gasteiger charge is -2.30. The third kappa shape index (κ3) is 4.60. The minimum absolute atomic E-state index is 0.200. The van der Waals surface area contributed by atoms with E-state index in [9.17, 15) is 4.79 Å². The van der Waals surface area contributed by atoms with E-state index in [4.69, 9.17) is 4.74 Å². The summed E-state index contributed by atoms with van der Waals surface area (Å²) in [4.78, 5) is 17.7. The van der Waals surface area contributed by atoms with Crippen LogP contribution in [0.2, 0.25) is 0 Å². The van der Waals surface area contributed by atoms with Gasteiger partial charge >= 0.3 is 0 Å². The molecule has 0 bridgehead atoms. The molecular weight excluding hydrogens is 376 g/mol. The molecule has 2 atom stereocenters. The Balaban J connectivity index is 1.40. The summed E-state index contributed by atoms with van der Waals surface area (Å²) in [5.74, 6) is 0.840. The fourth-order valence-electron chi connectivity index (χ4n) is 5.31. The van der Waals surface area contributed by atoms with Gasteiger partial charge in [0, 0.05) is 70.6 Å². The zero-order chi connectivity index (χ0) is 21.0. The smallest absolute Gasteiger partial charge is 0.222 e. The molecule has 1 amide bonds. The van der Waals surface area contributed by atoms with Crippen molar-refractivity contribution < 1.29 is 9.53 Å². The number of carbonyl (C=O) groups is 1. The second-order valence-corrected chi connectivity index (χ2v) is 8.99. The number of rotatable bonds is 9. The minimum atomic E-state index is 0.200. The molecule has 2 saturated heterocycles. The van der Waals surface area contributed by atoms with Crippen molar-refractivity contribution >= 4 is 5.91 Å². The quantitative estimate of drug-likeness (QED) is 0.637. The summed E-state index contributed by atoms with van der Waals surface area (Å²) in [6, 6.07) is 12.7. The first-order valence-electron chi connectivity index (χ1n) is 11.1. The van der Waals surface area contributed by atoms with E-state index >= 15 is 0 Å². The second-order valence-electron chi connectivity index (χ2n) is 8.99. The summed E-state index contributed by atoms with van der Waals surface area (Å²) in [5.41, 5.74) is 2.71. The topological polar surface area (TPSA) is 50.6 Å². The number of amides is 1. The predicted octanol–water partition coefficient (Wildman–Crippen LogP) is 2.39. The number of fused-ring (bicyclic) bond motifs is 1. The number of benzene rings is 1. The van der Waals surface area contributed by atoms with Crippen molar-refractivity contribution in [1.82, 2.24) is 19.6 Å². The summed E-state index contributed by atoms with van der Waals surface area (Å²) in [5, 5.41) is 4.21. The number of hydrogen-bond acceptors (Lipinski definition) is 4. The van der Waals surface area contributed by atoms with Crippen LogP contribution in [0.5, 0.6) is 0 Å². The highest BCUT2D eigenvalue weighted by Crippen LogP contribution is 2.46. The Kier molecular flexibility index (Phi) is 6.54.